The van der Waals surface area contributed by atoms with E-state index in [-0.39, 0.29) is 35.3 Å². The van der Waals surface area contributed by atoms with E-state index in [0.29, 0.717) is 30.8 Å². The molecular weight excluding hydrogens is 452 g/mol. The molecule has 1 aliphatic carbocycles. The molecule has 0 aromatic heterocycles. The van der Waals surface area contributed by atoms with Crippen LogP contribution in [0, 0.1) is 11.3 Å². The Morgan fingerprint density at radius 1 is 1.14 bits per heavy atom. The summed E-state index contributed by atoms with van der Waals surface area (Å²) in [4.78, 5) is 44.8. The number of urea groups is 1. The van der Waals surface area contributed by atoms with Gasteiger partial charge in [0.15, 0.2) is 0 Å². The standard InChI is InChI=1S/C29H44N4O3/c1-8-23-21-16-29(26(35)31(7)27(36)33(29)19(2)3)17-24(21)32(23)15-14-22(20-12-10-9-11-13-20)30-25(34)18-28(4,5)6/h9-13,19,21-24H,8,14-18H2,1-7H3,(H,30,34)/t21?,22-,23?,24?,29?/m0/s1. The second-order valence-electron chi connectivity index (χ2n) is 12.6. The Bertz CT molecular complexity index is 988. The number of benzene rings is 1. The maximum Gasteiger partial charge on any atom is 0.327 e. The Hall–Kier alpha value is -2.41. The third-order valence-electron chi connectivity index (χ3n) is 8.46. The molecular formula is C29H44N4O3. The minimum absolute atomic E-state index is 0.0158. The number of nitrogens with zero attached hydrogens (tertiary/aromatic N) is 3. The Morgan fingerprint density at radius 2 is 1.81 bits per heavy atom. The van der Waals surface area contributed by atoms with Crippen molar-refractivity contribution >= 4 is 17.8 Å². The summed E-state index contributed by atoms with van der Waals surface area (Å²) in [6, 6.07) is 10.7. The van der Waals surface area contributed by atoms with E-state index in [1.165, 1.54) is 4.90 Å². The highest BCUT2D eigenvalue weighted by Crippen LogP contribution is 2.54. The number of nitrogens with one attached hydrogen (secondary N) is 1. The van der Waals surface area contributed by atoms with Crippen LogP contribution in [0.1, 0.15) is 85.3 Å². The second-order valence-corrected chi connectivity index (χ2v) is 12.6. The fourth-order valence-electron chi connectivity index (χ4n) is 7.07. The first-order chi connectivity index (χ1) is 16.9. The highest BCUT2D eigenvalue weighted by Gasteiger charge is 2.67. The van der Waals surface area contributed by atoms with E-state index < -0.39 is 5.54 Å². The van der Waals surface area contributed by atoms with Crippen molar-refractivity contribution in [2.75, 3.05) is 13.6 Å². The lowest BCUT2D eigenvalue weighted by atomic mass is 9.80. The number of fused-ring (bicyclic) bond motifs is 1. The summed E-state index contributed by atoms with van der Waals surface area (Å²) in [5.74, 6) is 0.461. The first kappa shape index (κ1) is 26.6. The molecule has 2 heterocycles. The van der Waals surface area contributed by atoms with Crippen LogP contribution in [0.4, 0.5) is 4.79 Å². The van der Waals surface area contributed by atoms with Gasteiger partial charge < -0.3 is 10.2 Å². The normalized spacial score (nSPS) is 29.2. The summed E-state index contributed by atoms with van der Waals surface area (Å²) in [6.07, 6.45) is 3.77. The minimum atomic E-state index is -0.711. The number of carbonyl (C=O) groups excluding carboxylic acids is 3. The zero-order chi connectivity index (χ0) is 26.4. The van der Waals surface area contributed by atoms with E-state index in [9.17, 15) is 14.4 Å². The molecule has 3 aliphatic rings. The number of hydrogen-bond donors (Lipinski definition) is 1. The van der Waals surface area contributed by atoms with E-state index in [0.717, 1.165) is 31.4 Å². The smallest absolute Gasteiger partial charge is 0.327 e. The summed E-state index contributed by atoms with van der Waals surface area (Å²) in [5, 5.41) is 3.30. The van der Waals surface area contributed by atoms with Gasteiger partial charge in [0.05, 0.1) is 6.04 Å². The van der Waals surface area contributed by atoms with Crippen LogP contribution >= 0.6 is 0 Å². The van der Waals surface area contributed by atoms with Crippen molar-refractivity contribution in [1.82, 2.24) is 20.0 Å². The second kappa shape index (κ2) is 9.81. The molecule has 4 unspecified atom stereocenters. The number of rotatable bonds is 8. The highest BCUT2D eigenvalue weighted by atomic mass is 16.2. The van der Waals surface area contributed by atoms with Crippen molar-refractivity contribution in [3.05, 3.63) is 35.9 Å². The van der Waals surface area contributed by atoms with Gasteiger partial charge in [0, 0.05) is 38.1 Å². The zero-order valence-corrected chi connectivity index (χ0v) is 23.1. The molecule has 4 rings (SSSR count). The lowest BCUT2D eigenvalue weighted by Gasteiger charge is -2.53. The number of carbonyl (C=O) groups is 3. The quantitative estimate of drug-likeness (QED) is 0.535. The van der Waals surface area contributed by atoms with Crippen LogP contribution < -0.4 is 5.32 Å². The summed E-state index contributed by atoms with van der Waals surface area (Å²) in [7, 11) is 1.62. The molecule has 2 aliphatic heterocycles. The van der Waals surface area contributed by atoms with Gasteiger partial charge in [-0.2, -0.15) is 0 Å². The maximum atomic E-state index is 13.4. The Kier molecular flexibility index (Phi) is 7.26. The van der Waals surface area contributed by atoms with E-state index >= 15 is 0 Å². The number of likely N-dealkylation sites (tertiary alicyclic amines) is 1. The van der Waals surface area contributed by atoms with Crippen molar-refractivity contribution in [3.63, 3.8) is 0 Å². The number of imide groups is 1. The molecule has 7 nitrogen and oxygen atoms in total. The number of likely N-dealkylation sites (N-methyl/N-ethyl adjacent to an activating group) is 1. The molecule has 1 aromatic carbocycles. The molecule has 0 radical (unpaired) electrons. The van der Waals surface area contributed by atoms with Gasteiger partial charge in [-0.1, -0.05) is 58.0 Å². The lowest BCUT2D eigenvalue weighted by Crippen LogP contribution is -2.61. The largest absolute Gasteiger partial charge is 0.349 e. The molecule has 1 N–H and O–H groups in total. The SMILES string of the molecule is CCC1C2CC3(CC2N1CC[C@H](NC(=O)CC(C)(C)C)c1ccccc1)C(=O)N(C)C(=O)N3C(C)C. The number of amides is 4. The first-order valence-electron chi connectivity index (χ1n) is 13.6. The molecule has 198 valence electrons. The van der Waals surface area contributed by atoms with Crippen LogP contribution in [0.25, 0.3) is 0 Å². The van der Waals surface area contributed by atoms with Gasteiger partial charge in [-0.05, 0) is 56.4 Å². The lowest BCUT2D eigenvalue weighted by molar-refractivity contribution is -0.132. The molecule has 1 saturated carbocycles. The molecule has 36 heavy (non-hydrogen) atoms. The predicted molar refractivity (Wildman–Crippen MR) is 141 cm³/mol. The average molecular weight is 497 g/mol. The van der Waals surface area contributed by atoms with Crippen molar-refractivity contribution in [2.24, 2.45) is 11.3 Å². The van der Waals surface area contributed by atoms with Crippen LogP contribution in [-0.4, -0.2) is 69.8 Å². The average Bonchev–Trinajstić information content (AvgIpc) is 3.21. The Balaban J connectivity index is 1.50. The van der Waals surface area contributed by atoms with Crippen molar-refractivity contribution in [3.8, 4) is 0 Å². The van der Waals surface area contributed by atoms with Crippen LogP contribution in [0.3, 0.4) is 0 Å². The molecule has 2 saturated heterocycles. The molecule has 3 fully saturated rings. The van der Waals surface area contributed by atoms with E-state index in [4.69, 9.17) is 0 Å². The van der Waals surface area contributed by atoms with E-state index in [1.807, 2.05) is 36.9 Å². The highest BCUT2D eigenvalue weighted by molar-refractivity contribution is 6.07. The summed E-state index contributed by atoms with van der Waals surface area (Å²) >= 11 is 0. The maximum absolute atomic E-state index is 13.4. The van der Waals surface area contributed by atoms with Gasteiger partial charge in [0.25, 0.3) is 5.91 Å². The monoisotopic (exact) mass is 496 g/mol. The fourth-order valence-corrected chi connectivity index (χ4v) is 7.07. The molecule has 5 atom stereocenters. The summed E-state index contributed by atoms with van der Waals surface area (Å²) in [6.45, 7) is 13.3. The van der Waals surface area contributed by atoms with E-state index in [2.05, 4.69) is 50.0 Å². The molecule has 7 heteroatoms. The summed E-state index contributed by atoms with van der Waals surface area (Å²) < 4.78 is 0. The first-order valence-corrected chi connectivity index (χ1v) is 13.6. The summed E-state index contributed by atoms with van der Waals surface area (Å²) in [5.41, 5.74) is 0.344. The fraction of sp³-hybridized carbons (Fsp3) is 0.690. The van der Waals surface area contributed by atoms with Crippen LogP contribution in [0.15, 0.2) is 30.3 Å². The minimum Gasteiger partial charge on any atom is -0.349 e. The van der Waals surface area contributed by atoms with Gasteiger partial charge in [-0.15, -0.1) is 0 Å². The zero-order valence-electron chi connectivity index (χ0n) is 23.1. The van der Waals surface area contributed by atoms with Gasteiger partial charge in [0.2, 0.25) is 5.91 Å². The van der Waals surface area contributed by atoms with Crippen LogP contribution in [0.2, 0.25) is 0 Å². The Morgan fingerprint density at radius 3 is 2.39 bits per heavy atom. The molecule has 0 bridgehead atoms. The topological polar surface area (TPSA) is 73.0 Å². The predicted octanol–water partition coefficient (Wildman–Crippen LogP) is 4.58. The third-order valence-corrected chi connectivity index (χ3v) is 8.46. The Labute approximate surface area is 216 Å². The molecule has 1 spiro atoms. The van der Waals surface area contributed by atoms with E-state index in [1.54, 1.807) is 7.05 Å². The number of hydrogen-bond acceptors (Lipinski definition) is 4. The van der Waals surface area contributed by atoms with Crippen LogP contribution in [0.5, 0.6) is 0 Å². The van der Waals surface area contributed by atoms with Gasteiger partial charge >= 0.3 is 6.03 Å². The van der Waals surface area contributed by atoms with Gasteiger partial charge in [-0.3, -0.25) is 19.4 Å². The van der Waals surface area contributed by atoms with Crippen molar-refractivity contribution < 1.29 is 14.4 Å². The molecule has 1 aromatic rings. The van der Waals surface area contributed by atoms with Crippen molar-refractivity contribution in [1.29, 1.82) is 0 Å². The van der Waals surface area contributed by atoms with Gasteiger partial charge in [0.1, 0.15) is 5.54 Å². The third kappa shape index (κ3) is 4.67. The van der Waals surface area contributed by atoms with Crippen LogP contribution in [-0.2, 0) is 9.59 Å². The van der Waals surface area contributed by atoms with Crippen molar-refractivity contribution in [2.45, 2.75) is 103 Å². The van der Waals surface area contributed by atoms with Gasteiger partial charge in [-0.25, -0.2) is 4.79 Å². The molecule has 4 amide bonds.